The molecule has 0 aliphatic heterocycles. The van der Waals surface area contributed by atoms with Crippen molar-refractivity contribution in [3.8, 4) is 5.75 Å². The number of anilines is 1. The second-order valence-electron chi connectivity index (χ2n) is 4.19. The van der Waals surface area contributed by atoms with E-state index in [4.69, 9.17) is 0 Å². The molecule has 0 heterocycles. The van der Waals surface area contributed by atoms with Crippen molar-refractivity contribution >= 4 is 5.69 Å². The largest absolute Gasteiger partial charge is 0.507 e. The number of phenols is 1. The van der Waals surface area contributed by atoms with Gasteiger partial charge in [-0.05, 0) is 19.4 Å². The van der Waals surface area contributed by atoms with Crippen LogP contribution in [-0.2, 0) is 0 Å². The van der Waals surface area contributed by atoms with Crippen LogP contribution >= 0.6 is 0 Å². The topological polar surface area (TPSA) is 43.7 Å². The third-order valence-corrected chi connectivity index (χ3v) is 2.75. The Morgan fingerprint density at radius 3 is 2.56 bits per heavy atom. The fourth-order valence-electron chi connectivity index (χ4n) is 1.65. The summed E-state index contributed by atoms with van der Waals surface area (Å²) in [5.41, 5.74) is 1.56. The van der Waals surface area contributed by atoms with E-state index in [-0.39, 0.29) is 5.75 Å². The van der Waals surface area contributed by atoms with Gasteiger partial charge in [0.1, 0.15) is 5.75 Å². The summed E-state index contributed by atoms with van der Waals surface area (Å²) >= 11 is 0. The molecule has 0 amide bonds. The number of unbranched alkanes of at least 4 members (excludes halogenated alkanes) is 1. The Morgan fingerprint density at radius 1 is 1.38 bits per heavy atom. The lowest BCUT2D eigenvalue weighted by Crippen LogP contribution is -2.18. The van der Waals surface area contributed by atoms with Crippen molar-refractivity contribution in [1.29, 1.82) is 0 Å². The van der Waals surface area contributed by atoms with Gasteiger partial charge in [-0.3, -0.25) is 0 Å². The van der Waals surface area contributed by atoms with E-state index in [0.717, 1.165) is 25.1 Å². The SMILES string of the molecule is CCCCN(C)c1ccc(C(C)O)c(O)c1. The molecule has 0 aliphatic rings. The van der Waals surface area contributed by atoms with E-state index in [0.29, 0.717) is 5.56 Å². The summed E-state index contributed by atoms with van der Waals surface area (Å²) in [6.45, 7) is 4.78. The predicted molar refractivity (Wildman–Crippen MR) is 66.9 cm³/mol. The summed E-state index contributed by atoms with van der Waals surface area (Å²) in [4.78, 5) is 2.11. The van der Waals surface area contributed by atoms with Gasteiger partial charge in [-0.25, -0.2) is 0 Å². The first-order valence-electron chi connectivity index (χ1n) is 5.78. The van der Waals surface area contributed by atoms with Crippen molar-refractivity contribution in [3.63, 3.8) is 0 Å². The third kappa shape index (κ3) is 3.14. The van der Waals surface area contributed by atoms with Crippen molar-refractivity contribution < 1.29 is 10.2 Å². The van der Waals surface area contributed by atoms with Gasteiger partial charge in [-0.15, -0.1) is 0 Å². The maximum absolute atomic E-state index is 9.75. The van der Waals surface area contributed by atoms with Crippen LogP contribution < -0.4 is 4.90 Å². The van der Waals surface area contributed by atoms with Crippen molar-refractivity contribution in [2.75, 3.05) is 18.5 Å². The van der Waals surface area contributed by atoms with Crippen LogP contribution in [0.4, 0.5) is 5.69 Å². The fourth-order valence-corrected chi connectivity index (χ4v) is 1.65. The number of nitrogens with zero attached hydrogens (tertiary/aromatic N) is 1. The Morgan fingerprint density at radius 2 is 2.06 bits per heavy atom. The molecule has 1 aromatic carbocycles. The average Bonchev–Trinajstić information content (AvgIpc) is 2.25. The highest BCUT2D eigenvalue weighted by atomic mass is 16.3. The summed E-state index contributed by atoms with van der Waals surface area (Å²) in [5, 5.41) is 19.2. The van der Waals surface area contributed by atoms with Crippen LogP contribution in [-0.4, -0.2) is 23.8 Å². The minimum atomic E-state index is -0.630. The minimum Gasteiger partial charge on any atom is -0.507 e. The Bertz CT molecular complexity index is 337. The second-order valence-corrected chi connectivity index (χ2v) is 4.19. The molecule has 1 unspecified atom stereocenters. The van der Waals surface area contributed by atoms with Crippen LogP contribution in [0.5, 0.6) is 5.75 Å². The molecular formula is C13H21NO2. The van der Waals surface area contributed by atoms with E-state index in [1.54, 1.807) is 19.1 Å². The summed E-state index contributed by atoms with van der Waals surface area (Å²) in [5.74, 6) is 0.163. The number of aliphatic hydroxyl groups is 1. The Balaban J connectivity index is 2.80. The average molecular weight is 223 g/mol. The lowest BCUT2D eigenvalue weighted by Gasteiger charge is -2.20. The molecule has 0 saturated heterocycles. The quantitative estimate of drug-likeness (QED) is 0.806. The van der Waals surface area contributed by atoms with Gasteiger partial charge in [0.05, 0.1) is 6.10 Å². The Kier molecular flexibility index (Phi) is 4.62. The van der Waals surface area contributed by atoms with Gasteiger partial charge < -0.3 is 15.1 Å². The molecule has 16 heavy (non-hydrogen) atoms. The van der Waals surface area contributed by atoms with Crippen LogP contribution in [0.1, 0.15) is 38.4 Å². The lowest BCUT2D eigenvalue weighted by atomic mass is 10.1. The molecule has 90 valence electrons. The third-order valence-electron chi connectivity index (χ3n) is 2.75. The zero-order valence-electron chi connectivity index (χ0n) is 10.3. The molecule has 2 N–H and O–H groups in total. The van der Waals surface area contributed by atoms with E-state index in [1.807, 2.05) is 13.1 Å². The normalized spacial score (nSPS) is 12.5. The maximum Gasteiger partial charge on any atom is 0.123 e. The number of hydrogen-bond donors (Lipinski definition) is 2. The smallest absolute Gasteiger partial charge is 0.123 e. The second kappa shape index (κ2) is 5.75. The predicted octanol–water partition coefficient (Wildman–Crippen LogP) is 2.68. The van der Waals surface area contributed by atoms with E-state index in [1.165, 1.54) is 0 Å². The molecular weight excluding hydrogens is 202 g/mol. The summed E-state index contributed by atoms with van der Waals surface area (Å²) in [6.07, 6.45) is 1.66. The summed E-state index contributed by atoms with van der Waals surface area (Å²) < 4.78 is 0. The van der Waals surface area contributed by atoms with Crippen molar-refractivity contribution in [2.45, 2.75) is 32.8 Å². The van der Waals surface area contributed by atoms with Crippen molar-refractivity contribution in [2.24, 2.45) is 0 Å². The Hall–Kier alpha value is -1.22. The first kappa shape index (κ1) is 12.8. The van der Waals surface area contributed by atoms with E-state index < -0.39 is 6.10 Å². The molecule has 0 aliphatic carbocycles. The van der Waals surface area contributed by atoms with Gasteiger partial charge in [-0.2, -0.15) is 0 Å². The zero-order chi connectivity index (χ0) is 12.1. The van der Waals surface area contributed by atoms with Crippen molar-refractivity contribution in [1.82, 2.24) is 0 Å². The molecule has 1 atom stereocenters. The van der Waals surface area contributed by atoms with Gasteiger partial charge in [0.15, 0.2) is 0 Å². The van der Waals surface area contributed by atoms with Crippen LogP contribution in [0.15, 0.2) is 18.2 Å². The van der Waals surface area contributed by atoms with Gasteiger partial charge in [0, 0.05) is 30.9 Å². The Labute approximate surface area is 97.3 Å². The number of phenolic OH excluding ortho intramolecular Hbond substituents is 1. The molecule has 0 fully saturated rings. The van der Waals surface area contributed by atoms with E-state index >= 15 is 0 Å². The first-order chi connectivity index (χ1) is 7.56. The van der Waals surface area contributed by atoms with Crippen LogP contribution in [0.3, 0.4) is 0 Å². The highest BCUT2D eigenvalue weighted by molar-refractivity contribution is 5.53. The van der Waals surface area contributed by atoms with Gasteiger partial charge in [0.2, 0.25) is 0 Å². The summed E-state index contributed by atoms with van der Waals surface area (Å²) in [6, 6.07) is 5.41. The molecule has 0 saturated carbocycles. The van der Waals surface area contributed by atoms with Crippen molar-refractivity contribution in [3.05, 3.63) is 23.8 Å². The molecule has 3 heteroatoms. The minimum absolute atomic E-state index is 0.163. The molecule has 0 aromatic heterocycles. The molecule has 3 nitrogen and oxygen atoms in total. The highest BCUT2D eigenvalue weighted by Gasteiger charge is 2.09. The number of aliphatic hydroxyl groups excluding tert-OH is 1. The van der Waals surface area contributed by atoms with Crippen LogP contribution in [0, 0.1) is 0 Å². The standard InChI is InChI=1S/C13H21NO2/c1-4-5-8-14(3)11-6-7-12(10(2)15)13(16)9-11/h6-7,9-10,15-16H,4-5,8H2,1-3H3. The first-order valence-corrected chi connectivity index (χ1v) is 5.78. The number of aromatic hydroxyl groups is 1. The lowest BCUT2D eigenvalue weighted by molar-refractivity contribution is 0.195. The van der Waals surface area contributed by atoms with E-state index in [2.05, 4.69) is 11.8 Å². The molecule has 1 rings (SSSR count). The maximum atomic E-state index is 9.75. The fraction of sp³-hybridized carbons (Fsp3) is 0.538. The van der Waals surface area contributed by atoms with Gasteiger partial charge in [0.25, 0.3) is 0 Å². The number of hydrogen-bond acceptors (Lipinski definition) is 3. The zero-order valence-corrected chi connectivity index (χ0v) is 10.3. The number of rotatable bonds is 5. The van der Waals surface area contributed by atoms with Crippen LogP contribution in [0.25, 0.3) is 0 Å². The van der Waals surface area contributed by atoms with E-state index in [9.17, 15) is 10.2 Å². The molecule has 0 spiro atoms. The molecule has 1 aromatic rings. The van der Waals surface area contributed by atoms with Crippen LogP contribution in [0.2, 0.25) is 0 Å². The highest BCUT2D eigenvalue weighted by Crippen LogP contribution is 2.28. The number of benzene rings is 1. The monoisotopic (exact) mass is 223 g/mol. The van der Waals surface area contributed by atoms with Gasteiger partial charge >= 0.3 is 0 Å². The molecule has 0 radical (unpaired) electrons. The van der Waals surface area contributed by atoms with Gasteiger partial charge in [-0.1, -0.05) is 19.4 Å². The molecule has 0 bridgehead atoms. The summed E-state index contributed by atoms with van der Waals surface area (Å²) in [7, 11) is 2.01.